The first kappa shape index (κ1) is 91.1. The van der Waals surface area contributed by atoms with Crippen LogP contribution in [0.25, 0.3) is 0 Å². The Morgan fingerprint density at radius 2 is 0.562 bits per heavy atom. The molecule has 6 rings (SSSR count). The van der Waals surface area contributed by atoms with E-state index in [1.807, 2.05) is 36.4 Å². The Labute approximate surface area is 498 Å². The molecule has 80 heavy (non-hydrogen) atoms. The van der Waals surface area contributed by atoms with Crippen LogP contribution in [0.5, 0.6) is 0 Å². The summed E-state index contributed by atoms with van der Waals surface area (Å²) in [7, 11) is 0. The second-order valence-corrected chi connectivity index (χ2v) is 25.1. The molecule has 0 atom stereocenters. The van der Waals surface area contributed by atoms with Crippen molar-refractivity contribution in [2.75, 3.05) is 0 Å². The van der Waals surface area contributed by atoms with E-state index in [4.69, 9.17) is 0 Å². The maximum absolute atomic E-state index is 4.35. The van der Waals surface area contributed by atoms with Crippen molar-refractivity contribution in [1.29, 1.82) is 0 Å². The van der Waals surface area contributed by atoms with Gasteiger partial charge in [-0.15, -0.1) is 0 Å². The van der Waals surface area contributed by atoms with Crippen LogP contribution in [0, 0.1) is 47.3 Å². The quantitative estimate of drug-likeness (QED) is 0.168. The topological polar surface area (TPSA) is 129 Å². The van der Waals surface area contributed by atoms with E-state index in [0.717, 1.165) is 64.7 Å². The molecule has 0 aliphatic rings. The summed E-state index contributed by atoms with van der Waals surface area (Å²) in [6.45, 7) is 68.9. The third-order valence-electron chi connectivity index (χ3n) is 5.81. The molecule has 0 saturated heterocycles. The highest BCUT2D eigenvalue weighted by molar-refractivity contribution is 5.17. The third kappa shape index (κ3) is 125. The summed E-state index contributed by atoms with van der Waals surface area (Å²) >= 11 is 0. The summed E-state index contributed by atoms with van der Waals surface area (Å²) < 4.78 is 0. The molecule has 0 N–H and O–H groups in total. The molecule has 0 spiro atoms. The molecule has 0 fully saturated rings. The van der Waals surface area contributed by atoms with Gasteiger partial charge >= 0.3 is 0 Å². The standard InChI is InChI=1S/C9H15N3.C9H12.C7H10N2.C5H5N.2C4H4N2.8C4H10/c1-6(2)8-10-5-11-9(12-8)7(3)4;1-8(2)9-6-4-3-5-7-9;1-6(2)7-5-8-3-4-9-7;1-2-4-6-5-3-1;1-2-5-4-6-3-1;1-2-4-6-5-3-1;8*1-4(2)3/h5-7H,1-4H3;3-8H,1-2H3;3-6H,1-2H3;1-5H;2*1-4H;8*4H,1-3H3. The minimum atomic E-state index is 0.380. The van der Waals surface area contributed by atoms with E-state index in [2.05, 4.69) is 296 Å². The van der Waals surface area contributed by atoms with Gasteiger partial charge < -0.3 is 0 Å². The normalized spacial score (nSPS) is 9.35. The van der Waals surface area contributed by atoms with E-state index in [1.165, 1.54) is 11.9 Å². The molecular formula is C70H130N10. The molecule has 5 aromatic heterocycles. The summed E-state index contributed by atoms with van der Waals surface area (Å²) in [6.07, 6.45) is 18.4. The predicted molar refractivity (Wildman–Crippen MR) is 357 cm³/mol. The number of benzene rings is 1. The Morgan fingerprint density at radius 3 is 0.725 bits per heavy atom. The zero-order valence-electron chi connectivity index (χ0n) is 58.1. The maximum atomic E-state index is 4.35. The number of aromatic nitrogens is 10. The molecule has 10 nitrogen and oxygen atoms in total. The molecule has 6 aromatic rings. The molecule has 0 saturated carbocycles. The number of hydrogen-bond donors (Lipinski definition) is 0. The van der Waals surface area contributed by atoms with Gasteiger partial charge in [0, 0.05) is 67.6 Å². The number of pyridine rings is 1. The van der Waals surface area contributed by atoms with Gasteiger partial charge in [-0.3, -0.25) is 15.0 Å². The second kappa shape index (κ2) is 69.7. The average Bonchev–Trinajstić information content (AvgIpc) is 3.36. The highest BCUT2D eigenvalue weighted by Crippen LogP contribution is 2.13. The molecular weight excluding hydrogens is 981 g/mol. The fourth-order valence-corrected chi connectivity index (χ4v) is 3.14. The first-order chi connectivity index (χ1) is 37.1. The molecule has 1 aromatic carbocycles. The first-order valence-corrected chi connectivity index (χ1v) is 29.8. The molecule has 0 bridgehead atoms. The minimum absolute atomic E-state index is 0.380. The Morgan fingerprint density at radius 1 is 0.250 bits per heavy atom. The van der Waals surface area contributed by atoms with Crippen molar-refractivity contribution in [1.82, 2.24) is 50.1 Å². The second-order valence-electron chi connectivity index (χ2n) is 25.1. The van der Waals surface area contributed by atoms with Crippen molar-refractivity contribution in [3.8, 4) is 0 Å². The van der Waals surface area contributed by atoms with Gasteiger partial charge in [0.05, 0.1) is 5.69 Å². The Balaban J connectivity index is -0.000000119. The van der Waals surface area contributed by atoms with Crippen LogP contribution in [0.3, 0.4) is 0 Å². The molecule has 0 aliphatic carbocycles. The molecule has 460 valence electrons. The zero-order valence-corrected chi connectivity index (χ0v) is 58.1. The van der Waals surface area contributed by atoms with Crippen molar-refractivity contribution < 1.29 is 0 Å². The molecule has 10 heteroatoms. The van der Waals surface area contributed by atoms with E-state index in [0.29, 0.717) is 23.7 Å². The van der Waals surface area contributed by atoms with E-state index in [9.17, 15) is 0 Å². The predicted octanol–water partition coefficient (Wildman–Crippen LogP) is 21.9. The van der Waals surface area contributed by atoms with Gasteiger partial charge in [-0.25, -0.2) is 24.9 Å². The van der Waals surface area contributed by atoms with Crippen molar-refractivity contribution in [3.05, 3.63) is 158 Å². The van der Waals surface area contributed by atoms with Crippen LogP contribution in [0.1, 0.15) is 268 Å². The molecule has 0 amide bonds. The van der Waals surface area contributed by atoms with Crippen LogP contribution in [0.4, 0.5) is 0 Å². The van der Waals surface area contributed by atoms with Gasteiger partial charge in [0.2, 0.25) is 0 Å². The lowest BCUT2D eigenvalue weighted by molar-refractivity contribution is 0.693. The van der Waals surface area contributed by atoms with Gasteiger partial charge in [0.15, 0.2) is 0 Å². The van der Waals surface area contributed by atoms with Crippen LogP contribution in [-0.4, -0.2) is 50.1 Å². The van der Waals surface area contributed by atoms with Crippen LogP contribution in [0.15, 0.2) is 135 Å². The summed E-state index contributed by atoms with van der Waals surface area (Å²) in [4.78, 5) is 31.7. The smallest absolute Gasteiger partial charge is 0.134 e. The van der Waals surface area contributed by atoms with Gasteiger partial charge in [-0.2, -0.15) is 10.2 Å². The number of hydrogen-bond acceptors (Lipinski definition) is 10. The lowest BCUT2D eigenvalue weighted by Crippen LogP contribution is -2.04. The highest BCUT2D eigenvalue weighted by atomic mass is 15.1. The third-order valence-corrected chi connectivity index (χ3v) is 5.81. The SMILES string of the molecule is CC(C)C.CC(C)C.CC(C)C.CC(C)C.CC(C)C.CC(C)C.CC(C)C.CC(C)C.CC(C)c1ccccc1.CC(C)c1cnccn1.CC(C)c1ncnc(C(C)C)n1.c1ccncc1.c1ccnnc1.c1cncnc1. The summed E-state index contributed by atoms with van der Waals surface area (Å²) in [6, 6.07) is 21.7. The van der Waals surface area contributed by atoms with Gasteiger partial charge in [0.25, 0.3) is 0 Å². The largest absolute Gasteiger partial charge is 0.265 e. The fourth-order valence-electron chi connectivity index (χ4n) is 3.14. The van der Waals surface area contributed by atoms with Crippen molar-refractivity contribution in [3.63, 3.8) is 0 Å². The van der Waals surface area contributed by atoms with E-state index < -0.39 is 0 Å². The van der Waals surface area contributed by atoms with Crippen molar-refractivity contribution in [2.45, 2.75) is 245 Å². The molecule has 0 aliphatic heterocycles. The van der Waals surface area contributed by atoms with Crippen molar-refractivity contribution >= 4 is 0 Å². The molecule has 0 radical (unpaired) electrons. The van der Waals surface area contributed by atoms with Crippen LogP contribution in [-0.2, 0) is 0 Å². The molecule has 5 heterocycles. The summed E-state index contributed by atoms with van der Waals surface area (Å²) in [5.41, 5.74) is 2.47. The Hall–Kier alpha value is -5.38. The average molecular weight is 1110 g/mol. The van der Waals surface area contributed by atoms with Gasteiger partial charge in [0.1, 0.15) is 24.3 Å². The van der Waals surface area contributed by atoms with Gasteiger partial charge in [-0.05, 0) is 95.1 Å². The highest BCUT2D eigenvalue weighted by Gasteiger charge is 2.07. The lowest BCUT2D eigenvalue weighted by Gasteiger charge is -2.06. The monoisotopic (exact) mass is 1110 g/mol. The fraction of sp³-hybridized carbons (Fsp3) is 0.629. The zero-order chi connectivity index (χ0) is 63.9. The van der Waals surface area contributed by atoms with E-state index >= 15 is 0 Å². The summed E-state index contributed by atoms with van der Waals surface area (Å²) in [5.74, 6) is 10.3. The first-order valence-electron chi connectivity index (χ1n) is 29.8. The van der Waals surface area contributed by atoms with Crippen LogP contribution < -0.4 is 0 Å². The lowest BCUT2D eigenvalue weighted by atomic mass is 10.0. The van der Waals surface area contributed by atoms with Crippen LogP contribution in [0.2, 0.25) is 0 Å². The molecule has 0 unspecified atom stereocenters. The number of rotatable bonds is 4. The Bertz CT molecular complexity index is 1590. The maximum Gasteiger partial charge on any atom is 0.134 e. The minimum Gasteiger partial charge on any atom is -0.265 e. The van der Waals surface area contributed by atoms with E-state index in [-0.39, 0.29) is 0 Å². The van der Waals surface area contributed by atoms with Crippen molar-refractivity contribution in [2.24, 2.45) is 47.3 Å². The van der Waals surface area contributed by atoms with Crippen LogP contribution >= 0.6 is 0 Å². The Kier molecular flexibility index (Phi) is 79.4. The number of nitrogens with zero attached hydrogens (tertiary/aromatic N) is 10. The van der Waals surface area contributed by atoms with E-state index in [1.54, 1.807) is 68.2 Å². The van der Waals surface area contributed by atoms with Gasteiger partial charge in [-0.1, -0.05) is 258 Å². The summed E-state index contributed by atoms with van der Waals surface area (Å²) in [5, 5.41) is 7.07.